The normalized spacial score (nSPS) is 25.6. The highest BCUT2D eigenvalue weighted by molar-refractivity contribution is 5.73. The molecular formula is C38H43FN6O4. The van der Waals surface area contributed by atoms with Gasteiger partial charge in [0.1, 0.15) is 28.5 Å². The second kappa shape index (κ2) is 11.2. The minimum atomic E-state index is -0.610. The first-order chi connectivity index (χ1) is 23.2. The van der Waals surface area contributed by atoms with Gasteiger partial charge in [0.05, 0.1) is 24.0 Å². The average molecular weight is 667 g/mol. The Labute approximate surface area is 285 Å². The van der Waals surface area contributed by atoms with Crippen molar-refractivity contribution >= 4 is 12.2 Å². The fraction of sp³-hybridized carbons (Fsp3) is 0.474. The van der Waals surface area contributed by atoms with Crippen LogP contribution < -0.4 is 0 Å². The number of benzene rings is 2. The van der Waals surface area contributed by atoms with E-state index in [1.54, 1.807) is 4.90 Å². The molecule has 2 saturated heterocycles. The number of imidazole rings is 2. The largest absolute Gasteiger partial charge is 0.444 e. The number of rotatable bonds is 5. The lowest BCUT2D eigenvalue weighted by molar-refractivity contribution is 0.0164. The third-order valence-electron chi connectivity index (χ3n) is 10.0. The van der Waals surface area contributed by atoms with Gasteiger partial charge >= 0.3 is 12.2 Å². The average Bonchev–Trinajstić information content (AvgIpc) is 3.67. The number of H-pyrrole nitrogens is 2. The number of aromatic nitrogens is 4. The number of nitrogens with one attached hydrogen (secondary N) is 2. The number of carbonyl (C=O) groups is 2. The number of ether oxygens (including phenoxy) is 2. The highest BCUT2D eigenvalue weighted by Crippen LogP contribution is 2.54. The molecule has 2 N–H and O–H groups in total. The van der Waals surface area contributed by atoms with Crippen molar-refractivity contribution in [2.24, 2.45) is 11.8 Å². The highest BCUT2D eigenvalue weighted by Gasteiger charge is 2.57. The van der Waals surface area contributed by atoms with Crippen LogP contribution in [0.5, 0.6) is 0 Å². The van der Waals surface area contributed by atoms with Crippen molar-refractivity contribution in [1.29, 1.82) is 0 Å². The lowest BCUT2D eigenvalue weighted by Crippen LogP contribution is -2.38. The van der Waals surface area contributed by atoms with Crippen molar-refractivity contribution in [3.05, 3.63) is 72.3 Å². The summed E-state index contributed by atoms with van der Waals surface area (Å²) in [5.41, 5.74) is 3.61. The van der Waals surface area contributed by atoms with Crippen LogP contribution in [0, 0.1) is 17.8 Å². The molecular weight excluding hydrogens is 623 g/mol. The number of fused-ring (bicyclic) bond motifs is 2. The zero-order valence-corrected chi connectivity index (χ0v) is 28.8. The Hall–Kier alpha value is -4.67. The smallest absolute Gasteiger partial charge is 0.411 e. The molecule has 2 aliphatic carbocycles. The Kier molecular flexibility index (Phi) is 7.21. The maximum absolute atomic E-state index is 15.2. The van der Waals surface area contributed by atoms with Crippen LogP contribution in [0.1, 0.15) is 91.0 Å². The van der Waals surface area contributed by atoms with Gasteiger partial charge in [0.2, 0.25) is 5.95 Å². The molecule has 256 valence electrons. The van der Waals surface area contributed by atoms with Crippen molar-refractivity contribution in [2.45, 2.75) is 103 Å². The van der Waals surface area contributed by atoms with E-state index in [1.807, 2.05) is 101 Å². The summed E-state index contributed by atoms with van der Waals surface area (Å²) in [5, 5.41) is 0. The quantitative estimate of drug-likeness (QED) is 0.221. The highest BCUT2D eigenvalue weighted by atomic mass is 19.1. The number of likely N-dealkylation sites (tertiary alicyclic amines) is 2. The van der Waals surface area contributed by atoms with Crippen LogP contribution in [0.25, 0.3) is 33.6 Å². The Morgan fingerprint density at radius 3 is 1.67 bits per heavy atom. The second-order valence-electron chi connectivity index (χ2n) is 16.0. The van der Waals surface area contributed by atoms with E-state index in [0.29, 0.717) is 23.2 Å². The molecule has 4 heterocycles. The number of nitrogens with zero attached hydrogens (tertiary/aromatic N) is 4. The van der Waals surface area contributed by atoms with Crippen molar-refractivity contribution in [3.8, 4) is 33.6 Å². The molecule has 8 rings (SSSR count). The summed E-state index contributed by atoms with van der Waals surface area (Å²) in [5.74, 6) is 1.64. The first kappa shape index (κ1) is 31.6. The summed E-state index contributed by atoms with van der Waals surface area (Å²) in [6.45, 7) is 11.2. The van der Waals surface area contributed by atoms with Crippen molar-refractivity contribution in [1.82, 2.24) is 29.7 Å². The van der Waals surface area contributed by atoms with E-state index in [2.05, 4.69) is 19.9 Å². The van der Waals surface area contributed by atoms with Crippen molar-refractivity contribution < 1.29 is 23.5 Å². The molecule has 4 fully saturated rings. The Morgan fingerprint density at radius 2 is 1.16 bits per heavy atom. The number of aromatic amines is 2. The molecule has 0 bridgehead atoms. The molecule has 0 radical (unpaired) electrons. The van der Waals surface area contributed by atoms with Crippen LogP contribution in [-0.4, -0.2) is 65.2 Å². The predicted molar refractivity (Wildman–Crippen MR) is 182 cm³/mol. The van der Waals surface area contributed by atoms with Gasteiger partial charge in [-0.25, -0.2) is 19.6 Å². The number of amides is 2. The van der Waals surface area contributed by atoms with E-state index in [4.69, 9.17) is 9.47 Å². The van der Waals surface area contributed by atoms with Gasteiger partial charge in [0, 0.05) is 17.6 Å². The predicted octanol–water partition coefficient (Wildman–Crippen LogP) is 8.41. The number of halogens is 1. The molecule has 49 heavy (non-hydrogen) atoms. The third kappa shape index (κ3) is 6.08. The van der Waals surface area contributed by atoms with Gasteiger partial charge in [0.15, 0.2) is 0 Å². The van der Waals surface area contributed by atoms with Crippen molar-refractivity contribution in [2.75, 3.05) is 0 Å². The molecule has 11 heteroatoms. The topological polar surface area (TPSA) is 116 Å². The van der Waals surface area contributed by atoms with Crippen LogP contribution in [-0.2, 0) is 9.47 Å². The molecule has 2 aromatic carbocycles. The molecule has 4 aliphatic rings. The van der Waals surface area contributed by atoms with Gasteiger partial charge in [0.25, 0.3) is 0 Å². The minimum absolute atomic E-state index is 0.117. The number of piperidine rings is 2. The summed E-state index contributed by atoms with van der Waals surface area (Å²) in [6, 6.07) is 15.7. The Morgan fingerprint density at radius 1 is 0.694 bits per heavy atom. The summed E-state index contributed by atoms with van der Waals surface area (Å²) in [6.07, 6.45) is 4.79. The number of hydrogen-bond acceptors (Lipinski definition) is 6. The van der Waals surface area contributed by atoms with E-state index < -0.39 is 17.1 Å². The van der Waals surface area contributed by atoms with Crippen LogP contribution >= 0.6 is 0 Å². The lowest BCUT2D eigenvalue weighted by atomic mass is 10.0. The van der Waals surface area contributed by atoms with E-state index in [0.717, 1.165) is 53.9 Å². The number of carbonyl (C=O) groups excluding carboxylic acids is 2. The monoisotopic (exact) mass is 666 g/mol. The van der Waals surface area contributed by atoms with Gasteiger partial charge < -0.3 is 19.4 Å². The fourth-order valence-electron chi connectivity index (χ4n) is 7.59. The van der Waals surface area contributed by atoms with Crippen LogP contribution in [0.2, 0.25) is 0 Å². The van der Waals surface area contributed by atoms with E-state index >= 15 is 4.39 Å². The lowest BCUT2D eigenvalue weighted by Gasteiger charge is -2.29. The maximum atomic E-state index is 15.2. The molecule has 0 spiro atoms. The first-order valence-electron chi connectivity index (χ1n) is 17.3. The fourth-order valence-corrected chi connectivity index (χ4v) is 7.59. The van der Waals surface area contributed by atoms with Crippen LogP contribution in [0.3, 0.4) is 0 Å². The van der Waals surface area contributed by atoms with Gasteiger partial charge in [-0.1, -0.05) is 48.5 Å². The Balaban J connectivity index is 0.952. The SMILES string of the molecule is CC(C)(C)OC(=O)N1C(c2ncc(-c3ccc(-c4ccc(-c5nc(C6CC7CC7N6C(=O)OC(C)(C)C)[nH]c5F)cc4)cc3)[nH]2)CC2CC21. The molecule has 10 nitrogen and oxygen atoms in total. The minimum Gasteiger partial charge on any atom is -0.444 e. The first-order valence-corrected chi connectivity index (χ1v) is 17.3. The van der Waals surface area contributed by atoms with E-state index in [9.17, 15) is 9.59 Å². The van der Waals surface area contributed by atoms with Crippen molar-refractivity contribution in [3.63, 3.8) is 0 Å². The summed E-state index contributed by atoms with van der Waals surface area (Å²) < 4.78 is 26.6. The molecule has 6 atom stereocenters. The van der Waals surface area contributed by atoms with Gasteiger partial charge in [-0.2, -0.15) is 4.39 Å². The zero-order chi connectivity index (χ0) is 34.4. The van der Waals surface area contributed by atoms with Gasteiger partial charge in [-0.3, -0.25) is 9.80 Å². The standard InChI is InChI=1S/C38H43FN6O4/c1-37(2,3)48-35(46)44-27-15-24(27)17-29(44)33-40-19-26(41-33)22-11-7-20(8-12-22)21-9-13-23(14-10-21)31-32(39)43-34(42-31)30-18-25-16-28(25)45(30)36(47)49-38(4,5)6/h7-14,19,24-25,27-30H,15-18H2,1-6H3,(H,40,41)(H,42,43). The molecule has 2 saturated carbocycles. The molecule has 4 aromatic rings. The maximum Gasteiger partial charge on any atom is 0.411 e. The van der Waals surface area contributed by atoms with Gasteiger partial charge in [-0.05, 0) is 95.8 Å². The second-order valence-corrected chi connectivity index (χ2v) is 16.0. The third-order valence-corrected chi connectivity index (χ3v) is 10.0. The van der Waals surface area contributed by atoms with Crippen LogP contribution in [0.15, 0.2) is 54.7 Å². The van der Waals surface area contributed by atoms with E-state index in [-0.39, 0.29) is 42.0 Å². The molecule has 6 unspecified atom stereocenters. The summed E-state index contributed by atoms with van der Waals surface area (Å²) in [7, 11) is 0. The number of hydrogen-bond donors (Lipinski definition) is 2. The molecule has 2 aliphatic heterocycles. The van der Waals surface area contributed by atoms with Crippen LogP contribution in [0.4, 0.5) is 14.0 Å². The molecule has 2 aromatic heterocycles. The summed E-state index contributed by atoms with van der Waals surface area (Å²) >= 11 is 0. The molecule has 2 amide bonds. The van der Waals surface area contributed by atoms with E-state index in [1.165, 1.54) is 0 Å². The van der Waals surface area contributed by atoms with Gasteiger partial charge in [-0.15, -0.1) is 0 Å². The zero-order valence-electron chi connectivity index (χ0n) is 28.8. The Bertz CT molecular complexity index is 1900. The summed E-state index contributed by atoms with van der Waals surface area (Å²) in [4.78, 5) is 45.2.